The first-order valence-corrected chi connectivity index (χ1v) is 6.02. The van der Waals surface area contributed by atoms with Crippen LogP contribution in [0.4, 0.5) is 0 Å². The first-order chi connectivity index (χ1) is 7.29. The van der Waals surface area contributed by atoms with Crippen molar-refractivity contribution in [3.8, 4) is 0 Å². The van der Waals surface area contributed by atoms with Crippen molar-refractivity contribution < 1.29 is 0 Å². The quantitative estimate of drug-likeness (QED) is 0.692. The highest BCUT2D eigenvalue weighted by atomic mass is 79.9. The topological polar surface area (TPSA) is 0 Å². The van der Waals surface area contributed by atoms with Crippen molar-refractivity contribution in [3.63, 3.8) is 0 Å². The van der Waals surface area contributed by atoms with Gasteiger partial charge in [-0.05, 0) is 17.2 Å². The van der Waals surface area contributed by atoms with Crippen molar-refractivity contribution in [1.29, 1.82) is 0 Å². The van der Waals surface area contributed by atoms with Crippen LogP contribution < -0.4 is 0 Å². The predicted molar refractivity (Wildman–Crippen MR) is 68.7 cm³/mol. The summed E-state index contributed by atoms with van der Waals surface area (Å²) in [5.41, 5.74) is 2.32. The molecule has 1 atom stereocenters. The highest BCUT2D eigenvalue weighted by Crippen LogP contribution is 2.34. The lowest BCUT2D eigenvalue weighted by Gasteiger charge is -2.11. The minimum Gasteiger partial charge on any atom is -0.0840 e. The Morgan fingerprint density at radius 1 is 0.867 bits per heavy atom. The fourth-order valence-corrected chi connectivity index (χ4v) is 2.56. The Labute approximate surface area is 103 Å². The van der Waals surface area contributed by atoms with Crippen LogP contribution in [-0.2, 0) is 0 Å². The SMILES string of the molecule is Clc1ccccc1C(Br)c1ccccc1. The van der Waals surface area contributed by atoms with E-state index in [-0.39, 0.29) is 4.83 Å². The molecule has 15 heavy (non-hydrogen) atoms. The van der Waals surface area contributed by atoms with Gasteiger partial charge >= 0.3 is 0 Å². The van der Waals surface area contributed by atoms with E-state index in [1.54, 1.807) is 0 Å². The Hall–Kier alpha value is -0.790. The molecule has 2 aromatic rings. The Morgan fingerprint density at radius 2 is 1.47 bits per heavy atom. The van der Waals surface area contributed by atoms with Crippen LogP contribution in [0.25, 0.3) is 0 Å². The van der Waals surface area contributed by atoms with Gasteiger partial charge in [0, 0.05) is 5.02 Å². The largest absolute Gasteiger partial charge is 0.0840 e. The molecular weight excluding hydrogens is 272 g/mol. The molecule has 0 heterocycles. The molecule has 0 N–H and O–H groups in total. The molecule has 0 amide bonds. The smallest absolute Gasteiger partial charge is 0.0659 e. The van der Waals surface area contributed by atoms with Gasteiger partial charge in [0.05, 0.1) is 4.83 Å². The number of benzene rings is 2. The highest BCUT2D eigenvalue weighted by Gasteiger charge is 2.12. The van der Waals surface area contributed by atoms with E-state index < -0.39 is 0 Å². The van der Waals surface area contributed by atoms with Gasteiger partial charge in [0.2, 0.25) is 0 Å². The summed E-state index contributed by atoms with van der Waals surface area (Å²) in [5.74, 6) is 0. The maximum Gasteiger partial charge on any atom is 0.0659 e. The first-order valence-electron chi connectivity index (χ1n) is 4.72. The van der Waals surface area contributed by atoms with Crippen LogP contribution in [0, 0.1) is 0 Å². The summed E-state index contributed by atoms with van der Waals surface area (Å²) < 4.78 is 0. The van der Waals surface area contributed by atoms with Crippen molar-refractivity contribution in [2.24, 2.45) is 0 Å². The van der Waals surface area contributed by atoms with Crippen molar-refractivity contribution in [1.82, 2.24) is 0 Å². The Kier molecular flexibility index (Phi) is 3.45. The number of halogens is 2. The van der Waals surface area contributed by atoms with Gasteiger partial charge in [0.25, 0.3) is 0 Å². The maximum atomic E-state index is 6.14. The molecule has 0 aliphatic carbocycles. The molecule has 0 saturated carbocycles. The summed E-state index contributed by atoms with van der Waals surface area (Å²) in [6.07, 6.45) is 0. The van der Waals surface area contributed by atoms with Crippen molar-refractivity contribution in [2.75, 3.05) is 0 Å². The summed E-state index contributed by atoms with van der Waals surface area (Å²) in [6.45, 7) is 0. The van der Waals surface area contributed by atoms with Gasteiger partial charge in [0.15, 0.2) is 0 Å². The summed E-state index contributed by atoms with van der Waals surface area (Å²) in [4.78, 5) is 0.160. The van der Waals surface area contributed by atoms with Crippen LogP contribution in [0.2, 0.25) is 5.02 Å². The van der Waals surface area contributed by atoms with Crippen LogP contribution in [0.15, 0.2) is 54.6 Å². The molecule has 2 rings (SSSR count). The zero-order chi connectivity index (χ0) is 10.7. The van der Waals surface area contributed by atoms with Crippen LogP contribution in [0.1, 0.15) is 16.0 Å². The zero-order valence-electron chi connectivity index (χ0n) is 8.03. The first kappa shape index (κ1) is 10.7. The summed E-state index contributed by atoms with van der Waals surface area (Å²) in [7, 11) is 0. The highest BCUT2D eigenvalue weighted by molar-refractivity contribution is 9.09. The van der Waals surface area contributed by atoms with Gasteiger partial charge in [-0.25, -0.2) is 0 Å². The third-order valence-corrected chi connectivity index (χ3v) is 3.64. The lowest BCUT2D eigenvalue weighted by Crippen LogP contribution is -1.92. The minimum absolute atomic E-state index is 0.160. The average molecular weight is 282 g/mol. The third kappa shape index (κ3) is 2.42. The molecule has 0 saturated heterocycles. The molecule has 0 aliphatic rings. The van der Waals surface area contributed by atoms with Crippen LogP contribution >= 0.6 is 27.5 Å². The second kappa shape index (κ2) is 4.82. The average Bonchev–Trinajstić information content (AvgIpc) is 2.30. The Bertz CT molecular complexity index is 439. The lowest BCUT2D eigenvalue weighted by atomic mass is 10.1. The van der Waals surface area contributed by atoms with Gasteiger partial charge in [-0.2, -0.15) is 0 Å². The molecule has 0 nitrogen and oxygen atoms in total. The molecule has 0 bridgehead atoms. The Balaban J connectivity index is 2.37. The molecule has 2 heteroatoms. The third-order valence-electron chi connectivity index (χ3n) is 2.27. The van der Waals surface area contributed by atoms with Gasteiger partial charge in [0.1, 0.15) is 0 Å². The van der Waals surface area contributed by atoms with E-state index in [0.717, 1.165) is 10.6 Å². The van der Waals surface area contributed by atoms with E-state index in [9.17, 15) is 0 Å². The molecule has 0 fully saturated rings. The minimum atomic E-state index is 0.160. The van der Waals surface area contributed by atoms with E-state index in [0.29, 0.717) is 0 Å². The normalized spacial score (nSPS) is 12.4. The van der Waals surface area contributed by atoms with E-state index in [4.69, 9.17) is 11.6 Å². The zero-order valence-corrected chi connectivity index (χ0v) is 10.4. The molecule has 0 aromatic heterocycles. The standard InChI is InChI=1S/C13H10BrCl/c14-13(10-6-2-1-3-7-10)11-8-4-5-9-12(11)15/h1-9,13H. The maximum absolute atomic E-state index is 6.14. The van der Waals surface area contributed by atoms with Gasteiger partial charge in [-0.15, -0.1) is 0 Å². The van der Waals surface area contributed by atoms with Crippen LogP contribution in [0.5, 0.6) is 0 Å². The van der Waals surface area contributed by atoms with Gasteiger partial charge in [-0.3, -0.25) is 0 Å². The number of hydrogen-bond donors (Lipinski definition) is 0. The molecular formula is C13H10BrCl. The molecule has 76 valence electrons. The van der Waals surface area contributed by atoms with Gasteiger partial charge < -0.3 is 0 Å². The number of alkyl halides is 1. The molecule has 0 spiro atoms. The summed E-state index contributed by atoms with van der Waals surface area (Å²) >= 11 is 9.80. The van der Waals surface area contributed by atoms with Gasteiger partial charge in [-0.1, -0.05) is 76.1 Å². The lowest BCUT2D eigenvalue weighted by molar-refractivity contribution is 1.18. The van der Waals surface area contributed by atoms with E-state index in [1.807, 2.05) is 42.5 Å². The second-order valence-electron chi connectivity index (χ2n) is 3.29. The van der Waals surface area contributed by atoms with Crippen LogP contribution in [-0.4, -0.2) is 0 Å². The van der Waals surface area contributed by atoms with Crippen LogP contribution in [0.3, 0.4) is 0 Å². The predicted octanol–water partition coefficient (Wildman–Crippen LogP) is 4.82. The molecule has 1 unspecified atom stereocenters. The van der Waals surface area contributed by atoms with E-state index >= 15 is 0 Å². The monoisotopic (exact) mass is 280 g/mol. The second-order valence-corrected chi connectivity index (χ2v) is 4.62. The Morgan fingerprint density at radius 3 is 2.13 bits per heavy atom. The van der Waals surface area contributed by atoms with Crippen molar-refractivity contribution in [3.05, 3.63) is 70.7 Å². The number of hydrogen-bond acceptors (Lipinski definition) is 0. The van der Waals surface area contributed by atoms with Crippen molar-refractivity contribution >= 4 is 27.5 Å². The number of rotatable bonds is 2. The van der Waals surface area contributed by atoms with Crippen molar-refractivity contribution in [2.45, 2.75) is 4.83 Å². The fourth-order valence-electron chi connectivity index (χ4n) is 1.48. The van der Waals surface area contributed by atoms with E-state index in [2.05, 4.69) is 28.1 Å². The fraction of sp³-hybridized carbons (Fsp3) is 0.0769. The molecule has 0 radical (unpaired) electrons. The summed E-state index contributed by atoms with van der Waals surface area (Å²) in [5, 5.41) is 0.795. The molecule has 2 aromatic carbocycles. The van der Waals surface area contributed by atoms with E-state index in [1.165, 1.54) is 5.56 Å². The molecule has 0 aliphatic heterocycles. The summed E-state index contributed by atoms with van der Waals surface area (Å²) in [6, 6.07) is 18.1.